The average molecular weight is 371 g/mol. The number of aromatic nitrogens is 3. The van der Waals surface area contributed by atoms with Crippen molar-refractivity contribution in [3.8, 4) is 17.1 Å². The van der Waals surface area contributed by atoms with E-state index in [9.17, 15) is 0 Å². The van der Waals surface area contributed by atoms with Crippen molar-refractivity contribution in [1.29, 1.82) is 0 Å². The van der Waals surface area contributed by atoms with E-state index in [0.29, 0.717) is 10.8 Å². The topological polar surface area (TPSA) is 52.3 Å². The Morgan fingerprint density at radius 2 is 1.88 bits per heavy atom. The van der Waals surface area contributed by atoms with Gasteiger partial charge in [0.05, 0.1) is 18.1 Å². The van der Waals surface area contributed by atoms with Gasteiger partial charge in [-0.15, -0.1) is 10.2 Å². The minimum atomic E-state index is 0.177. The number of thioether (sulfide) groups is 1. The number of ether oxygens (including phenoxy) is 1. The first-order valence-corrected chi connectivity index (χ1v) is 9.03. The first kappa shape index (κ1) is 16.2. The summed E-state index contributed by atoms with van der Waals surface area (Å²) in [6, 6.07) is 15.5. The van der Waals surface area contributed by atoms with Gasteiger partial charge in [0.15, 0.2) is 5.82 Å². The molecular formula is C18H15ClN4OS. The number of hydrogen-bond acceptors (Lipinski definition) is 5. The van der Waals surface area contributed by atoms with Gasteiger partial charge in [-0.1, -0.05) is 47.6 Å². The zero-order chi connectivity index (χ0) is 17.4. The molecule has 2 heterocycles. The monoisotopic (exact) mass is 370 g/mol. The Balaban J connectivity index is 1.81. The summed E-state index contributed by atoms with van der Waals surface area (Å²) in [4.78, 5) is 0. The predicted molar refractivity (Wildman–Crippen MR) is 101 cm³/mol. The molecule has 1 atom stereocenters. The van der Waals surface area contributed by atoms with Crippen molar-refractivity contribution in [3.05, 3.63) is 59.1 Å². The van der Waals surface area contributed by atoms with E-state index in [4.69, 9.17) is 21.4 Å². The minimum Gasteiger partial charge on any atom is -0.497 e. The molecule has 0 N–H and O–H groups in total. The SMILES string of the molecule is COc1cccc(-c2nnc3n2N=C(c2ccc(Cl)cc2)[C@@H](C)S3)c1. The molecule has 1 aliphatic rings. The van der Waals surface area contributed by atoms with Gasteiger partial charge in [0.1, 0.15) is 5.75 Å². The van der Waals surface area contributed by atoms with Crippen LogP contribution in [0.25, 0.3) is 11.4 Å². The normalized spacial score (nSPS) is 16.3. The maximum Gasteiger partial charge on any atom is 0.213 e. The van der Waals surface area contributed by atoms with Gasteiger partial charge in [0, 0.05) is 10.6 Å². The Hall–Kier alpha value is -2.31. The zero-order valence-corrected chi connectivity index (χ0v) is 15.3. The van der Waals surface area contributed by atoms with Crippen molar-refractivity contribution < 1.29 is 4.74 Å². The van der Waals surface area contributed by atoms with Gasteiger partial charge in [-0.3, -0.25) is 0 Å². The molecule has 2 aromatic carbocycles. The van der Waals surface area contributed by atoms with E-state index in [2.05, 4.69) is 17.1 Å². The molecular weight excluding hydrogens is 356 g/mol. The lowest BCUT2D eigenvalue weighted by molar-refractivity contribution is 0.415. The molecule has 0 radical (unpaired) electrons. The summed E-state index contributed by atoms with van der Waals surface area (Å²) >= 11 is 7.64. The number of halogens is 1. The molecule has 0 fully saturated rings. The van der Waals surface area contributed by atoms with E-state index in [0.717, 1.165) is 27.7 Å². The molecule has 1 aliphatic heterocycles. The highest BCUT2D eigenvalue weighted by Gasteiger charge is 2.26. The highest BCUT2D eigenvalue weighted by molar-refractivity contribution is 8.00. The van der Waals surface area contributed by atoms with Crippen LogP contribution in [0, 0.1) is 0 Å². The van der Waals surface area contributed by atoms with Crippen LogP contribution in [0.5, 0.6) is 5.75 Å². The molecule has 126 valence electrons. The molecule has 3 aromatic rings. The van der Waals surface area contributed by atoms with E-state index in [1.165, 1.54) is 0 Å². The summed E-state index contributed by atoms with van der Waals surface area (Å²) in [5.74, 6) is 1.47. The maximum atomic E-state index is 6.00. The number of hydrogen-bond donors (Lipinski definition) is 0. The van der Waals surface area contributed by atoms with E-state index in [1.54, 1.807) is 23.5 Å². The van der Waals surface area contributed by atoms with Crippen LogP contribution >= 0.6 is 23.4 Å². The van der Waals surface area contributed by atoms with E-state index in [-0.39, 0.29) is 5.25 Å². The Kier molecular flexibility index (Phi) is 4.23. The summed E-state index contributed by atoms with van der Waals surface area (Å²) in [5, 5.41) is 15.1. The Labute approximate surface area is 154 Å². The van der Waals surface area contributed by atoms with Gasteiger partial charge in [-0.25, -0.2) is 0 Å². The second-order valence-electron chi connectivity index (χ2n) is 5.60. The third kappa shape index (κ3) is 3.03. The fourth-order valence-corrected chi connectivity index (χ4v) is 3.74. The third-order valence-corrected chi connectivity index (χ3v) is 5.25. The van der Waals surface area contributed by atoms with Crippen molar-refractivity contribution in [1.82, 2.24) is 14.9 Å². The fraction of sp³-hybridized carbons (Fsp3) is 0.167. The molecule has 5 nitrogen and oxygen atoms in total. The van der Waals surface area contributed by atoms with Gasteiger partial charge in [0.2, 0.25) is 5.16 Å². The quantitative estimate of drug-likeness (QED) is 0.687. The molecule has 7 heteroatoms. The number of fused-ring (bicyclic) bond motifs is 1. The molecule has 0 bridgehead atoms. The van der Waals surface area contributed by atoms with Crippen molar-refractivity contribution >= 4 is 29.1 Å². The summed E-state index contributed by atoms with van der Waals surface area (Å²) in [6.45, 7) is 2.11. The largest absolute Gasteiger partial charge is 0.497 e. The van der Waals surface area contributed by atoms with Crippen molar-refractivity contribution in [3.63, 3.8) is 0 Å². The molecule has 25 heavy (non-hydrogen) atoms. The molecule has 4 rings (SSSR count). The number of nitrogens with zero attached hydrogens (tertiary/aromatic N) is 4. The van der Waals surface area contributed by atoms with Crippen LogP contribution in [0.4, 0.5) is 0 Å². The molecule has 0 spiro atoms. The second-order valence-corrected chi connectivity index (χ2v) is 7.35. The van der Waals surface area contributed by atoms with E-state index in [1.807, 2.05) is 48.5 Å². The standard InChI is InChI=1S/C18H15ClN4OS/c1-11-16(12-6-8-14(19)9-7-12)22-23-17(20-21-18(23)25-11)13-4-3-5-15(10-13)24-2/h3-11H,1-2H3/t11-/m1/s1. The lowest BCUT2D eigenvalue weighted by atomic mass is 10.1. The van der Waals surface area contributed by atoms with Crippen LogP contribution in [0.2, 0.25) is 5.02 Å². The first-order valence-electron chi connectivity index (χ1n) is 7.77. The molecule has 0 unspecified atom stereocenters. The highest BCUT2D eigenvalue weighted by Crippen LogP contribution is 2.33. The number of methoxy groups -OCH3 is 1. The molecule has 1 aromatic heterocycles. The van der Waals surface area contributed by atoms with Gasteiger partial charge >= 0.3 is 0 Å². The highest BCUT2D eigenvalue weighted by atomic mass is 35.5. The lowest BCUT2D eigenvalue weighted by Crippen LogP contribution is -2.21. The Bertz CT molecular complexity index is 952. The van der Waals surface area contributed by atoms with Gasteiger partial charge in [-0.05, 0) is 36.8 Å². The lowest BCUT2D eigenvalue weighted by Gasteiger charge is -2.20. The third-order valence-electron chi connectivity index (χ3n) is 3.95. The van der Waals surface area contributed by atoms with Gasteiger partial charge in [0.25, 0.3) is 0 Å². The first-order chi connectivity index (χ1) is 12.2. The van der Waals surface area contributed by atoms with Crippen LogP contribution in [0.3, 0.4) is 0 Å². The van der Waals surface area contributed by atoms with Crippen LogP contribution in [0.15, 0.2) is 58.8 Å². The minimum absolute atomic E-state index is 0.177. The second kappa shape index (κ2) is 6.54. The smallest absolute Gasteiger partial charge is 0.213 e. The summed E-state index contributed by atoms with van der Waals surface area (Å²) in [6.07, 6.45) is 0. The fourth-order valence-electron chi connectivity index (χ4n) is 2.69. The van der Waals surface area contributed by atoms with Gasteiger partial charge < -0.3 is 4.74 Å². The van der Waals surface area contributed by atoms with Crippen molar-refractivity contribution in [2.45, 2.75) is 17.3 Å². The summed E-state index contributed by atoms with van der Waals surface area (Å²) < 4.78 is 7.10. The van der Waals surface area contributed by atoms with Crippen LogP contribution in [0.1, 0.15) is 12.5 Å². The number of benzene rings is 2. The van der Waals surface area contributed by atoms with Crippen LogP contribution in [-0.2, 0) is 0 Å². The van der Waals surface area contributed by atoms with Crippen LogP contribution in [-0.4, -0.2) is 32.9 Å². The Morgan fingerprint density at radius 3 is 2.64 bits per heavy atom. The zero-order valence-electron chi connectivity index (χ0n) is 13.7. The van der Waals surface area contributed by atoms with E-state index >= 15 is 0 Å². The van der Waals surface area contributed by atoms with Crippen molar-refractivity contribution in [2.75, 3.05) is 7.11 Å². The summed E-state index contributed by atoms with van der Waals surface area (Å²) in [7, 11) is 1.65. The maximum absolute atomic E-state index is 6.00. The molecule has 0 amide bonds. The molecule has 0 saturated heterocycles. The van der Waals surface area contributed by atoms with E-state index < -0.39 is 0 Å². The average Bonchev–Trinajstić information content (AvgIpc) is 3.04. The van der Waals surface area contributed by atoms with Crippen molar-refractivity contribution in [2.24, 2.45) is 5.10 Å². The molecule has 0 saturated carbocycles. The molecule has 0 aliphatic carbocycles. The predicted octanol–water partition coefficient (Wildman–Crippen LogP) is 4.35. The van der Waals surface area contributed by atoms with Crippen LogP contribution < -0.4 is 4.74 Å². The summed E-state index contributed by atoms with van der Waals surface area (Å²) in [5.41, 5.74) is 2.92. The van der Waals surface area contributed by atoms with Gasteiger partial charge in [-0.2, -0.15) is 9.78 Å². The Morgan fingerprint density at radius 1 is 1.08 bits per heavy atom. The number of rotatable bonds is 3.